The summed E-state index contributed by atoms with van der Waals surface area (Å²) in [6, 6.07) is 3.96. The van der Waals surface area contributed by atoms with Crippen LogP contribution in [0.25, 0.3) is 0 Å². The van der Waals surface area contributed by atoms with Gasteiger partial charge >= 0.3 is 0 Å². The Kier molecular flexibility index (Phi) is 3.04. The summed E-state index contributed by atoms with van der Waals surface area (Å²) in [6.45, 7) is 2.18. The van der Waals surface area contributed by atoms with Gasteiger partial charge in [0, 0.05) is 19.3 Å². The molecule has 1 fully saturated rings. The average molecular weight is 211 g/mol. The van der Waals surface area contributed by atoms with Gasteiger partial charge in [-0.1, -0.05) is 11.6 Å². The maximum Gasteiger partial charge on any atom is 0.129 e. The van der Waals surface area contributed by atoms with Crippen molar-refractivity contribution >= 4 is 11.6 Å². The van der Waals surface area contributed by atoms with E-state index in [0.29, 0.717) is 5.15 Å². The Balaban J connectivity index is 1.88. The summed E-state index contributed by atoms with van der Waals surface area (Å²) in [5, 5.41) is 0.585. The molecule has 76 valence electrons. The predicted molar refractivity (Wildman–Crippen MR) is 58.3 cm³/mol. The minimum atomic E-state index is 0.585. The summed E-state index contributed by atoms with van der Waals surface area (Å²) in [7, 11) is 2.16. The van der Waals surface area contributed by atoms with E-state index in [9.17, 15) is 0 Å². The molecule has 14 heavy (non-hydrogen) atoms. The molecule has 1 aliphatic rings. The van der Waals surface area contributed by atoms with Gasteiger partial charge in [0.05, 0.1) is 0 Å². The highest BCUT2D eigenvalue weighted by molar-refractivity contribution is 6.29. The van der Waals surface area contributed by atoms with Crippen molar-refractivity contribution in [1.82, 2.24) is 9.88 Å². The number of hydrogen-bond donors (Lipinski definition) is 0. The van der Waals surface area contributed by atoms with E-state index in [1.807, 2.05) is 12.1 Å². The van der Waals surface area contributed by atoms with Crippen LogP contribution in [0.1, 0.15) is 18.4 Å². The lowest BCUT2D eigenvalue weighted by atomic mass is 10.2. The normalized spacial score (nSPS) is 16.2. The van der Waals surface area contributed by atoms with Crippen molar-refractivity contribution in [1.29, 1.82) is 0 Å². The lowest BCUT2D eigenvalue weighted by molar-refractivity contribution is 0.313. The average Bonchev–Trinajstić information content (AvgIpc) is 2.87. The minimum Gasteiger partial charge on any atom is -0.302 e. The fraction of sp³-hybridized carbons (Fsp3) is 0.545. The van der Waals surface area contributed by atoms with Crippen molar-refractivity contribution in [3.05, 3.63) is 29.0 Å². The highest BCUT2D eigenvalue weighted by Gasteiger charge is 2.22. The first-order valence-corrected chi connectivity index (χ1v) is 5.41. The molecule has 2 rings (SSSR count). The van der Waals surface area contributed by atoms with Crippen LogP contribution in [-0.4, -0.2) is 23.5 Å². The van der Waals surface area contributed by atoms with Crippen molar-refractivity contribution < 1.29 is 0 Å². The summed E-state index contributed by atoms with van der Waals surface area (Å²) in [6.07, 6.45) is 4.57. The van der Waals surface area contributed by atoms with Gasteiger partial charge in [0.1, 0.15) is 5.15 Å². The first kappa shape index (κ1) is 9.94. The monoisotopic (exact) mass is 210 g/mol. The van der Waals surface area contributed by atoms with Gasteiger partial charge in [-0.2, -0.15) is 0 Å². The summed E-state index contributed by atoms with van der Waals surface area (Å²) in [5.41, 5.74) is 1.24. The van der Waals surface area contributed by atoms with Crippen molar-refractivity contribution in [2.45, 2.75) is 19.4 Å². The van der Waals surface area contributed by atoms with E-state index in [1.165, 1.54) is 24.9 Å². The smallest absolute Gasteiger partial charge is 0.129 e. The number of aromatic nitrogens is 1. The summed E-state index contributed by atoms with van der Waals surface area (Å²) >= 11 is 5.82. The van der Waals surface area contributed by atoms with Gasteiger partial charge in [0.15, 0.2) is 0 Å². The predicted octanol–water partition coefficient (Wildman–Crippen LogP) is 2.58. The molecule has 0 saturated heterocycles. The maximum atomic E-state index is 5.82. The van der Waals surface area contributed by atoms with Gasteiger partial charge in [-0.25, -0.2) is 4.98 Å². The van der Waals surface area contributed by atoms with Gasteiger partial charge in [-0.15, -0.1) is 0 Å². The minimum absolute atomic E-state index is 0.585. The molecule has 2 nitrogen and oxygen atoms in total. The van der Waals surface area contributed by atoms with E-state index in [1.54, 1.807) is 6.20 Å². The molecular weight excluding hydrogens is 196 g/mol. The lowest BCUT2D eigenvalue weighted by Gasteiger charge is -2.15. The molecule has 0 aliphatic heterocycles. The van der Waals surface area contributed by atoms with Gasteiger partial charge in [0.2, 0.25) is 0 Å². The van der Waals surface area contributed by atoms with Crippen LogP contribution >= 0.6 is 11.6 Å². The number of hydrogen-bond acceptors (Lipinski definition) is 2. The highest BCUT2D eigenvalue weighted by atomic mass is 35.5. The van der Waals surface area contributed by atoms with Gasteiger partial charge in [-0.05, 0) is 43.5 Å². The Morgan fingerprint density at radius 2 is 2.36 bits per heavy atom. The summed E-state index contributed by atoms with van der Waals surface area (Å²) < 4.78 is 0. The topological polar surface area (TPSA) is 16.1 Å². The number of rotatable bonds is 4. The molecule has 3 heteroatoms. The van der Waals surface area contributed by atoms with Crippen LogP contribution in [0.5, 0.6) is 0 Å². The molecule has 0 N–H and O–H groups in total. The molecule has 0 atom stereocenters. The second-order valence-electron chi connectivity index (χ2n) is 4.13. The van der Waals surface area contributed by atoms with E-state index < -0.39 is 0 Å². The molecule has 0 radical (unpaired) electrons. The number of pyridine rings is 1. The zero-order chi connectivity index (χ0) is 9.97. The Labute approximate surface area is 89.9 Å². The van der Waals surface area contributed by atoms with E-state index >= 15 is 0 Å². The molecule has 0 amide bonds. The fourth-order valence-corrected chi connectivity index (χ4v) is 1.85. The summed E-state index contributed by atoms with van der Waals surface area (Å²) in [4.78, 5) is 6.32. The Morgan fingerprint density at radius 3 is 3.00 bits per heavy atom. The van der Waals surface area contributed by atoms with Gasteiger partial charge in [0.25, 0.3) is 0 Å². The zero-order valence-electron chi connectivity index (χ0n) is 8.41. The molecule has 1 heterocycles. The first-order chi connectivity index (χ1) is 6.74. The second-order valence-corrected chi connectivity index (χ2v) is 4.51. The third-order valence-corrected chi connectivity index (χ3v) is 2.72. The molecule has 1 aromatic rings. The van der Waals surface area contributed by atoms with Crippen molar-refractivity contribution in [3.63, 3.8) is 0 Å². The standard InChI is InChI=1S/C11H15ClN2/c1-14(7-9-2-3-9)8-10-4-5-13-11(12)6-10/h4-6,9H,2-3,7-8H2,1H3. The van der Waals surface area contributed by atoms with Crippen LogP contribution in [0.15, 0.2) is 18.3 Å². The van der Waals surface area contributed by atoms with Crippen molar-refractivity contribution in [2.24, 2.45) is 5.92 Å². The highest BCUT2D eigenvalue weighted by Crippen LogP contribution is 2.29. The van der Waals surface area contributed by atoms with Crippen LogP contribution < -0.4 is 0 Å². The molecule has 0 bridgehead atoms. The largest absolute Gasteiger partial charge is 0.302 e. The molecular formula is C11H15ClN2. The third kappa shape index (κ3) is 2.96. The maximum absolute atomic E-state index is 5.82. The number of nitrogens with zero attached hydrogens (tertiary/aromatic N) is 2. The van der Waals surface area contributed by atoms with E-state index in [-0.39, 0.29) is 0 Å². The molecule has 1 aromatic heterocycles. The lowest BCUT2D eigenvalue weighted by Crippen LogP contribution is -2.20. The van der Waals surface area contributed by atoms with E-state index in [2.05, 4.69) is 16.9 Å². The molecule has 0 spiro atoms. The third-order valence-electron chi connectivity index (χ3n) is 2.51. The SMILES string of the molecule is CN(Cc1ccnc(Cl)c1)CC1CC1. The quantitative estimate of drug-likeness (QED) is 0.711. The van der Waals surface area contributed by atoms with Crippen molar-refractivity contribution in [3.8, 4) is 0 Å². The van der Waals surface area contributed by atoms with Crippen LogP contribution in [0.2, 0.25) is 5.15 Å². The van der Waals surface area contributed by atoms with Crippen LogP contribution in [0, 0.1) is 5.92 Å². The second kappa shape index (κ2) is 4.28. The Morgan fingerprint density at radius 1 is 1.57 bits per heavy atom. The van der Waals surface area contributed by atoms with Gasteiger partial charge in [-0.3, -0.25) is 0 Å². The number of halogens is 1. The summed E-state index contributed by atoms with van der Waals surface area (Å²) in [5.74, 6) is 0.942. The van der Waals surface area contributed by atoms with Crippen molar-refractivity contribution in [2.75, 3.05) is 13.6 Å². The van der Waals surface area contributed by atoms with Crippen LogP contribution in [0.3, 0.4) is 0 Å². The molecule has 1 saturated carbocycles. The van der Waals surface area contributed by atoms with E-state index in [0.717, 1.165) is 12.5 Å². The molecule has 1 aliphatic carbocycles. The Bertz CT molecular complexity index is 310. The van der Waals surface area contributed by atoms with Gasteiger partial charge < -0.3 is 4.90 Å². The molecule has 0 aromatic carbocycles. The molecule has 0 unspecified atom stereocenters. The fourth-order valence-electron chi connectivity index (χ4n) is 1.66. The van der Waals surface area contributed by atoms with E-state index in [4.69, 9.17) is 11.6 Å². The Hall–Kier alpha value is -0.600. The zero-order valence-corrected chi connectivity index (χ0v) is 9.17. The van der Waals surface area contributed by atoms with Crippen LogP contribution in [-0.2, 0) is 6.54 Å². The van der Waals surface area contributed by atoms with Crippen LogP contribution in [0.4, 0.5) is 0 Å². The first-order valence-electron chi connectivity index (χ1n) is 5.03.